The van der Waals surface area contributed by atoms with Gasteiger partial charge in [0.15, 0.2) is 5.69 Å². The molecule has 96 valence electrons. The van der Waals surface area contributed by atoms with Gasteiger partial charge in [0, 0.05) is 12.7 Å². The fourth-order valence-corrected chi connectivity index (χ4v) is 1.56. The first-order valence-corrected chi connectivity index (χ1v) is 5.36. The molecule has 0 atom stereocenters. The molecule has 0 aliphatic carbocycles. The molecular formula is C12H12F3N3. The van der Waals surface area contributed by atoms with Gasteiger partial charge in [0.05, 0.1) is 12.2 Å². The van der Waals surface area contributed by atoms with Gasteiger partial charge in [-0.3, -0.25) is 4.68 Å². The Morgan fingerprint density at radius 2 is 1.89 bits per heavy atom. The standard InChI is InChI=1S/C12H12F3N3/c1-18-10(7-11(17-18)12(13,14)15)8-16-9-5-3-2-4-6-9/h2-7,16H,8H2,1H3. The number of aryl methyl sites for hydroxylation is 1. The van der Waals surface area contributed by atoms with Gasteiger partial charge >= 0.3 is 6.18 Å². The Hall–Kier alpha value is -1.98. The van der Waals surface area contributed by atoms with Gasteiger partial charge in [0.2, 0.25) is 0 Å². The van der Waals surface area contributed by atoms with Gasteiger partial charge in [-0.1, -0.05) is 18.2 Å². The van der Waals surface area contributed by atoms with Crippen LogP contribution in [0.15, 0.2) is 36.4 Å². The van der Waals surface area contributed by atoms with E-state index in [9.17, 15) is 13.2 Å². The molecule has 2 aromatic rings. The van der Waals surface area contributed by atoms with Crippen LogP contribution in [-0.2, 0) is 19.8 Å². The molecule has 0 aliphatic rings. The fourth-order valence-electron chi connectivity index (χ4n) is 1.56. The molecule has 0 spiro atoms. The summed E-state index contributed by atoms with van der Waals surface area (Å²) in [6.45, 7) is 0.295. The molecular weight excluding hydrogens is 243 g/mol. The molecule has 2 rings (SSSR count). The Bertz CT molecular complexity index is 517. The second-order valence-electron chi connectivity index (χ2n) is 3.86. The summed E-state index contributed by atoms with van der Waals surface area (Å²) in [7, 11) is 1.50. The van der Waals surface area contributed by atoms with Crippen LogP contribution in [0, 0.1) is 0 Å². The van der Waals surface area contributed by atoms with Crippen LogP contribution in [-0.4, -0.2) is 9.78 Å². The number of nitrogens with zero attached hydrogens (tertiary/aromatic N) is 2. The fraction of sp³-hybridized carbons (Fsp3) is 0.250. The highest BCUT2D eigenvalue weighted by atomic mass is 19.4. The van der Waals surface area contributed by atoms with Crippen molar-refractivity contribution in [2.45, 2.75) is 12.7 Å². The van der Waals surface area contributed by atoms with Crippen LogP contribution in [0.2, 0.25) is 0 Å². The largest absolute Gasteiger partial charge is 0.435 e. The Balaban J connectivity index is 2.09. The first-order valence-electron chi connectivity index (χ1n) is 5.36. The van der Waals surface area contributed by atoms with Crippen LogP contribution in [0.4, 0.5) is 18.9 Å². The van der Waals surface area contributed by atoms with Crippen molar-refractivity contribution in [3.63, 3.8) is 0 Å². The minimum absolute atomic E-state index is 0.295. The molecule has 0 amide bonds. The van der Waals surface area contributed by atoms with Gasteiger partial charge in [-0.05, 0) is 18.2 Å². The monoisotopic (exact) mass is 255 g/mol. The summed E-state index contributed by atoms with van der Waals surface area (Å²) in [5.41, 5.74) is 0.466. The zero-order valence-corrected chi connectivity index (χ0v) is 9.70. The summed E-state index contributed by atoms with van der Waals surface area (Å²) in [5, 5.41) is 6.48. The van der Waals surface area contributed by atoms with E-state index in [1.54, 1.807) is 0 Å². The third-order valence-corrected chi connectivity index (χ3v) is 2.51. The molecule has 0 saturated carbocycles. The molecule has 6 heteroatoms. The van der Waals surface area contributed by atoms with Crippen LogP contribution in [0.5, 0.6) is 0 Å². The lowest BCUT2D eigenvalue weighted by Crippen LogP contribution is -2.07. The summed E-state index contributed by atoms with van der Waals surface area (Å²) < 4.78 is 38.6. The first-order chi connectivity index (χ1) is 8.47. The minimum Gasteiger partial charge on any atom is -0.379 e. The SMILES string of the molecule is Cn1nc(C(F)(F)F)cc1CNc1ccccc1. The van der Waals surface area contributed by atoms with Gasteiger partial charge in [-0.2, -0.15) is 18.3 Å². The first kappa shape index (κ1) is 12.5. The van der Waals surface area contributed by atoms with Crippen molar-refractivity contribution in [2.24, 2.45) is 7.05 Å². The molecule has 0 fully saturated rings. The van der Waals surface area contributed by atoms with Crippen LogP contribution < -0.4 is 5.32 Å². The number of para-hydroxylation sites is 1. The molecule has 3 nitrogen and oxygen atoms in total. The van der Waals surface area contributed by atoms with Crippen molar-refractivity contribution < 1.29 is 13.2 Å². The van der Waals surface area contributed by atoms with Crippen molar-refractivity contribution in [3.05, 3.63) is 47.8 Å². The topological polar surface area (TPSA) is 29.9 Å². The number of benzene rings is 1. The maximum atomic E-state index is 12.4. The lowest BCUT2D eigenvalue weighted by molar-refractivity contribution is -0.141. The van der Waals surface area contributed by atoms with E-state index in [1.165, 1.54) is 11.7 Å². The van der Waals surface area contributed by atoms with E-state index < -0.39 is 11.9 Å². The van der Waals surface area contributed by atoms with E-state index in [0.717, 1.165) is 11.8 Å². The van der Waals surface area contributed by atoms with E-state index in [-0.39, 0.29) is 0 Å². The Kier molecular flexibility index (Phi) is 3.27. The molecule has 0 unspecified atom stereocenters. The van der Waals surface area contributed by atoms with Crippen molar-refractivity contribution in [3.8, 4) is 0 Å². The predicted octanol–water partition coefficient (Wildman–Crippen LogP) is 3.05. The normalized spacial score (nSPS) is 11.6. The van der Waals surface area contributed by atoms with Gasteiger partial charge in [0.1, 0.15) is 0 Å². The number of hydrogen-bond acceptors (Lipinski definition) is 2. The van der Waals surface area contributed by atoms with Crippen molar-refractivity contribution >= 4 is 5.69 Å². The van der Waals surface area contributed by atoms with E-state index in [0.29, 0.717) is 12.2 Å². The Morgan fingerprint density at radius 1 is 1.22 bits per heavy atom. The van der Waals surface area contributed by atoms with Crippen LogP contribution >= 0.6 is 0 Å². The number of halogens is 3. The number of aromatic nitrogens is 2. The van der Waals surface area contributed by atoms with Gasteiger partial charge < -0.3 is 5.32 Å². The van der Waals surface area contributed by atoms with E-state index >= 15 is 0 Å². The average molecular weight is 255 g/mol. The lowest BCUT2D eigenvalue weighted by Gasteiger charge is -2.05. The van der Waals surface area contributed by atoms with Crippen LogP contribution in [0.1, 0.15) is 11.4 Å². The molecule has 0 aliphatic heterocycles. The highest BCUT2D eigenvalue weighted by Crippen LogP contribution is 2.28. The Morgan fingerprint density at radius 3 is 2.44 bits per heavy atom. The van der Waals surface area contributed by atoms with E-state index in [1.807, 2.05) is 30.3 Å². The van der Waals surface area contributed by atoms with Crippen LogP contribution in [0.3, 0.4) is 0 Å². The average Bonchev–Trinajstić information content (AvgIpc) is 2.69. The number of rotatable bonds is 3. The minimum atomic E-state index is -4.40. The number of nitrogens with one attached hydrogen (secondary N) is 1. The number of alkyl halides is 3. The molecule has 1 heterocycles. The summed E-state index contributed by atoms with van der Waals surface area (Å²) in [4.78, 5) is 0. The molecule has 1 aromatic heterocycles. The Labute approximate surface area is 102 Å². The van der Waals surface area contributed by atoms with E-state index in [4.69, 9.17) is 0 Å². The van der Waals surface area contributed by atoms with Gasteiger partial charge in [-0.25, -0.2) is 0 Å². The summed E-state index contributed by atoms with van der Waals surface area (Å²) in [6.07, 6.45) is -4.40. The zero-order chi connectivity index (χ0) is 13.2. The maximum absolute atomic E-state index is 12.4. The summed E-state index contributed by atoms with van der Waals surface area (Å²) in [6, 6.07) is 10.3. The second-order valence-corrected chi connectivity index (χ2v) is 3.86. The smallest absolute Gasteiger partial charge is 0.379 e. The maximum Gasteiger partial charge on any atom is 0.435 e. The summed E-state index contributed by atoms with van der Waals surface area (Å²) in [5.74, 6) is 0. The molecule has 0 radical (unpaired) electrons. The molecule has 1 aromatic carbocycles. The third kappa shape index (κ3) is 2.82. The molecule has 1 N–H and O–H groups in total. The van der Waals surface area contributed by atoms with Crippen molar-refractivity contribution in [1.29, 1.82) is 0 Å². The zero-order valence-electron chi connectivity index (χ0n) is 9.70. The van der Waals surface area contributed by atoms with E-state index in [2.05, 4.69) is 10.4 Å². The number of hydrogen-bond donors (Lipinski definition) is 1. The highest BCUT2D eigenvalue weighted by Gasteiger charge is 2.34. The molecule has 0 saturated heterocycles. The van der Waals surface area contributed by atoms with Gasteiger partial charge in [0.25, 0.3) is 0 Å². The second kappa shape index (κ2) is 4.72. The van der Waals surface area contributed by atoms with Crippen molar-refractivity contribution in [1.82, 2.24) is 9.78 Å². The molecule has 18 heavy (non-hydrogen) atoms. The lowest BCUT2D eigenvalue weighted by atomic mass is 10.3. The molecule has 0 bridgehead atoms. The van der Waals surface area contributed by atoms with Gasteiger partial charge in [-0.15, -0.1) is 0 Å². The predicted molar refractivity (Wildman–Crippen MR) is 62.0 cm³/mol. The third-order valence-electron chi connectivity index (χ3n) is 2.51. The van der Waals surface area contributed by atoms with Crippen LogP contribution in [0.25, 0.3) is 0 Å². The highest BCUT2D eigenvalue weighted by molar-refractivity contribution is 5.42. The quantitative estimate of drug-likeness (QED) is 0.913. The van der Waals surface area contributed by atoms with Crippen molar-refractivity contribution in [2.75, 3.05) is 5.32 Å². The summed E-state index contributed by atoms with van der Waals surface area (Å²) >= 11 is 0. The number of anilines is 1.